The summed E-state index contributed by atoms with van der Waals surface area (Å²) in [4.78, 5) is 0.952. The first-order valence-electron chi connectivity index (χ1n) is 3.96. The van der Waals surface area contributed by atoms with E-state index in [1.807, 2.05) is 6.07 Å². The summed E-state index contributed by atoms with van der Waals surface area (Å²) < 4.78 is 15.0. The number of benzene rings is 1. The molecule has 1 aromatic carbocycles. The Labute approximate surface area is 98.3 Å². The van der Waals surface area contributed by atoms with Gasteiger partial charge in [-0.05, 0) is 28.7 Å². The molecule has 0 amide bonds. The lowest BCUT2D eigenvalue weighted by Crippen LogP contribution is -1.77. The minimum absolute atomic E-state index is 0.199. The summed E-state index contributed by atoms with van der Waals surface area (Å²) >= 11 is 3.54. The summed E-state index contributed by atoms with van der Waals surface area (Å²) in [7, 11) is 0. The number of hydrogen-bond acceptors (Lipinski definition) is 2. The molecule has 0 spiro atoms. The minimum atomic E-state index is -0.199. The lowest BCUT2D eigenvalue weighted by molar-refractivity contribution is 0.641. The van der Waals surface area contributed by atoms with Crippen LogP contribution in [0.15, 0.2) is 18.2 Å². The number of nitrogens with zero attached hydrogens (tertiary/aromatic N) is 1. The molecule has 0 atom stereocenters. The Morgan fingerprint density at radius 1 is 1.50 bits per heavy atom. The Balaban J connectivity index is 2.74. The maximum Gasteiger partial charge on any atom is 0.141 e. The molecule has 0 aliphatic rings. The van der Waals surface area contributed by atoms with Gasteiger partial charge in [0.1, 0.15) is 5.82 Å². The number of thiophene rings is 1. The van der Waals surface area contributed by atoms with Gasteiger partial charge < -0.3 is 0 Å². The fraction of sp³-hybridized carbons (Fsp3) is 0.100. The molecular weight excluding hydrogens is 312 g/mol. The van der Waals surface area contributed by atoms with Gasteiger partial charge in [-0.2, -0.15) is 5.26 Å². The molecule has 1 nitrogen and oxygen atoms in total. The molecule has 0 saturated carbocycles. The molecule has 0 aliphatic heterocycles. The van der Waals surface area contributed by atoms with Crippen molar-refractivity contribution in [1.82, 2.24) is 0 Å². The molecule has 0 radical (unpaired) electrons. The van der Waals surface area contributed by atoms with Crippen LogP contribution in [0.2, 0.25) is 0 Å². The van der Waals surface area contributed by atoms with Gasteiger partial charge in [0.2, 0.25) is 0 Å². The standard InChI is InChI=1S/C10H5FINS/c11-7-3-1-2-6-9(12)8(4-5-13)14-10(6)7/h1-3H,4H2. The van der Waals surface area contributed by atoms with Crippen molar-refractivity contribution in [1.29, 1.82) is 5.26 Å². The SMILES string of the molecule is N#CCc1sc2c(F)cccc2c1I. The summed E-state index contributed by atoms with van der Waals surface area (Å²) in [5.74, 6) is -0.199. The van der Waals surface area contributed by atoms with E-state index in [2.05, 4.69) is 28.7 Å². The molecule has 1 aromatic heterocycles. The third-order valence-electron chi connectivity index (χ3n) is 1.91. The summed E-state index contributed by atoms with van der Waals surface area (Å²) in [6.07, 6.45) is 0.358. The summed E-state index contributed by atoms with van der Waals surface area (Å²) in [5.41, 5.74) is 0. The fourth-order valence-electron chi connectivity index (χ4n) is 1.29. The average molecular weight is 317 g/mol. The summed E-state index contributed by atoms with van der Waals surface area (Å²) in [5, 5.41) is 9.52. The lowest BCUT2D eigenvalue weighted by atomic mass is 10.2. The van der Waals surface area contributed by atoms with Crippen molar-refractivity contribution >= 4 is 44.0 Å². The zero-order valence-corrected chi connectivity index (χ0v) is 10.0. The van der Waals surface area contributed by atoms with Crippen LogP contribution in [0.1, 0.15) is 4.88 Å². The molecule has 2 aromatic rings. The Kier molecular flexibility index (Phi) is 2.70. The first-order chi connectivity index (χ1) is 6.74. The van der Waals surface area contributed by atoms with Gasteiger partial charge in [-0.3, -0.25) is 0 Å². The van der Waals surface area contributed by atoms with E-state index >= 15 is 0 Å². The smallest absolute Gasteiger partial charge is 0.141 e. The normalized spacial score (nSPS) is 10.4. The van der Waals surface area contributed by atoms with Crippen LogP contribution in [-0.4, -0.2) is 0 Å². The number of halogens is 2. The topological polar surface area (TPSA) is 23.8 Å². The van der Waals surface area contributed by atoms with Gasteiger partial charge in [0.15, 0.2) is 0 Å². The number of fused-ring (bicyclic) bond motifs is 1. The number of hydrogen-bond donors (Lipinski definition) is 0. The molecule has 2 rings (SSSR count). The van der Waals surface area contributed by atoms with Gasteiger partial charge in [0.25, 0.3) is 0 Å². The highest BCUT2D eigenvalue weighted by molar-refractivity contribution is 14.1. The molecule has 0 saturated heterocycles. The van der Waals surface area contributed by atoms with Crippen molar-refractivity contribution < 1.29 is 4.39 Å². The van der Waals surface area contributed by atoms with Crippen molar-refractivity contribution in [2.75, 3.05) is 0 Å². The maximum absolute atomic E-state index is 13.3. The van der Waals surface area contributed by atoms with Crippen LogP contribution in [0.25, 0.3) is 10.1 Å². The molecule has 0 unspecified atom stereocenters. The Morgan fingerprint density at radius 2 is 2.29 bits per heavy atom. The zero-order valence-electron chi connectivity index (χ0n) is 7.05. The van der Waals surface area contributed by atoms with E-state index < -0.39 is 0 Å². The highest BCUT2D eigenvalue weighted by Gasteiger charge is 2.11. The van der Waals surface area contributed by atoms with Gasteiger partial charge in [0.05, 0.1) is 17.2 Å². The molecule has 0 aliphatic carbocycles. The quantitative estimate of drug-likeness (QED) is 0.736. The lowest BCUT2D eigenvalue weighted by Gasteiger charge is -1.90. The van der Waals surface area contributed by atoms with Crippen LogP contribution in [0.4, 0.5) is 4.39 Å². The van der Waals surface area contributed by atoms with E-state index in [9.17, 15) is 4.39 Å². The van der Waals surface area contributed by atoms with Gasteiger partial charge >= 0.3 is 0 Å². The van der Waals surface area contributed by atoms with Crippen molar-refractivity contribution in [2.45, 2.75) is 6.42 Å². The Morgan fingerprint density at radius 3 is 2.93 bits per heavy atom. The van der Waals surface area contributed by atoms with E-state index in [0.717, 1.165) is 13.8 Å². The highest BCUT2D eigenvalue weighted by Crippen LogP contribution is 2.34. The van der Waals surface area contributed by atoms with Crippen LogP contribution in [0.5, 0.6) is 0 Å². The second-order valence-electron chi connectivity index (χ2n) is 2.79. The molecule has 70 valence electrons. The summed E-state index contributed by atoms with van der Waals surface area (Å²) in [6, 6.07) is 7.12. The van der Waals surface area contributed by atoms with E-state index in [4.69, 9.17) is 5.26 Å². The Hall–Kier alpha value is -0.670. The second kappa shape index (κ2) is 3.83. The van der Waals surface area contributed by atoms with Crippen LogP contribution >= 0.6 is 33.9 Å². The fourth-order valence-corrected chi connectivity index (χ4v) is 3.47. The van der Waals surface area contributed by atoms with Gasteiger partial charge in [-0.15, -0.1) is 11.3 Å². The largest absolute Gasteiger partial charge is 0.205 e. The van der Waals surface area contributed by atoms with E-state index in [-0.39, 0.29) is 5.82 Å². The number of rotatable bonds is 1. The predicted octanol–water partition coefficient (Wildman–Crippen LogP) is 3.71. The highest BCUT2D eigenvalue weighted by atomic mass is 127. The van der Waals surface area contributed by atoms with Crippen molar-refractivity contribution in [3.63, 3.8) is 0 Å². The average Bonchev–Trinajstić information content (AvgIpc) is 2.48. The monoisotopic (exact) mass is 317 g/mol. The molecule has 0 fully saturated rings. The summed E-state index contributed by atoms with van der Waals surface area (Å²) in [6.45, 7) is 0. The van der Waals surface area contributed by atoms with Crippen LogP contribution in [-0.2, 0) is 6.42 Å². The van der Waals surface area contributed by atoms with Crippen LogP contribution in [0, 0.1) is 20.7 Å². The van der Waals surface area contributed by atoms with E-state index in [0.29, 0.717) is 11.1 Å². The van der Waals surface area contributed by atoms with Crippen molar-refractivity contribution in [3.8, 4) is 6.07 Å². The second-order valence-corrected chi connectivity index (χ2v) is 4.97. The molecular formula is C10H5FINS. The Bertz CT molecular complexity index is 527. The van der Waals surface area contributed by atoms with Crippen molar-refractivity contribution in [2.24, 2.45) is 0 Å². The molecule has 14 heavy (non-hydrogen) atoms. The van der Waals surface area contributed by atoms with E-state index in [1.54, 1.807) is 6.07 Å². The van der Waals surface area contributed by atoms with Crippen molar-refractivity contribution in [3.05, 3.63) is 32.5 Å². The predicted molar refractivity (Wildman–Crippen MR) is 63.8 cm³/mol. The number of nitriles is 1. The first kappa shape index (κ1) is 9.87. The third kappa shape index (κ3) is 1.51. The maximum atomic E-state index is 13.3. The molecule has 0 bridgehead atoms. The van der Waals surface area contributed by atoms with Gasteiger partial charge in [-0.1, -0.05) is 12.1 Å². The van der Waals surface area contributed by atoms with Crippen LogP contribution in [0.3, 0.4) is 0 Å². The van der Waals surface area contributed by atoms with E-state index in [1.165, 1.54) is 17.4 Å². The molecule has 4 heteroatoms. The van der Waals surface area contributed by atoms with Crippen LogP contribution < -0.4 is 0 Å². The zero-order chi connectivity index (χ0) is 10.1. The van der Waals surface area contributed by atoms with Gasteiger partial charge in [-0.25, -0.2) is 4.39 Å². The molecule has 1 heterocycles. The first-order valence-corrected chi connectivity index (χ1v) is 5.86. The minimum Gasteiger partial charge on any atom is -0.205 e. The third-order valence-corrected chi connectivity index (χ3v) is 4.73. The van der Waals surface area contributed by atoms with Gasteiger partial charge in [0, 0.05) is 13.8 Å². The molecule has 0 N–H and O–H groups in total.